The van der Waals surface area contributed by atoms with Gasteiger partial charge in [0.05, 0.1) is 5.38 Å². The van der Waals surface area contributed by atoms with E-state index in [4.69, 9.17) is 22.1 Å². The van der Waals surface area contributed by atoms with Gasteiger partial charge in [-0.3, -0.25) is 5.32 Å². The second kappa shape index (κ2) is 3.53. The van der Waals surface area contributed by atoms with E-state index in [1.165, 1.54) is 0 Å². The van der Waals surface area contributed by atoms with E-state index in [9.17, 15) is 0 Å². The lowest BCUT2D eigenvalue weighted by Crippen LogP contribution is -2.51. The summed E-state index contributed by atoms with van der Waals surface area (Å²) in [5.74, 6) is 0. The molecule has 10 heavy (non-hydrogen) atoms. The Morgan fingerprint density at radius 1 is 1.70 bits per heavy atom. The van der Waals surface area contributed by atoms with E-state index in [1.54, 1.807) is 7.11 Å². The maximum atomic E-state index is 5.85. The van der Waals surface area contributed by atoms with Crippen molar-refractivity contribution in [2.45, 2.75) is 24.1 Å². The molecule has 60 valence electrons. The lowest BCUT2D eigenvalue weighted by atomic mass is 10.1. The highest BCUT2D eigenvalue weighted by molar-refractivity contribution is 6.21. The summed E-state index contributed by atoms with van der Waals surface area (Å²) >= 11 is 5.85. The first-order chi connectivity index (χ1) is 4.74. The molecule has 1 aliphatic heterocycles. The lowest BCUT2D eigenvalue weighted by molar-refractivity contribution is 0.0473. The van der Waals surface area contributed by atoms with Gasteiger partial charge >= 0.3 is 0 Å². The summed E-state index contributed by atoms with van der Waals surface area (Å²) in [5, 5.41) is 3.16. The molecule has 1 heterocycles. The molecule has 1 rings (SSSR count). The molecule has 3 N–H and O–H groups in total. The van der Waals surface area contributed by atoms with Crippen molar-refractivity contribution in [3.05, 3.63) is 0 Å². The van der Waals surface area contributed by atoms with Crippen molar-refractivity contribution in [2.24, 2.45) is 5.73 Å². The van der Waals surface area contributed by atoms with E-state index in [0.717, 1.165) is 13.0 Å². The summed E-state index contributed by atoms with van der Waals surface area (Å²) < 4.78 is 5.06. The van der Waals surface area contributed by atoms with Gasteiger partial charge in [-0.05, 0) is 0 Å². The first-order valence-electron chi connectivity index (χ1n) is 3.40. The topological polar surface area (TPSA) is 47.3 Å². The van der Waals surface area contributed by atoms with Crippen LogP contribution >= 0.6 is 11.6 Å². The molecule has 0 aromatic heterocycles. The van der Waals surface area contributed by atoms with E-state index in [2.05, 4.69) is 5.32 Å². The van der Waals surface area contributed by atoms with E-state index >= 15 is 0 Å². The van der Waals surface area contributed by atoms with Gasteiger partial charge in [-0.2, -0.15) is 0 Å². The molecule has 4 heteroatoms. The fourth-order valence-electron chi connectivity index (χ4n) is 1.05. The third-order valence-electron chi connectivity index (χ3n) is 1.78. The van der Waals surface area contributed by atoms with Crippen molar-refractivity contribution in [3.63, 3.8) is 0 Å². The second-order valence-corrected chi connectivity index (χ2v) is 3.11. The molecule has 3 nitrogen and oxygen atoms in total. The van der Waals surface area contributed by atoms with Crippen molar-refractivity contribution in [1.29, 1.82) is 0 Å². The Bertz CT molecular complexity index is 112. The Balaban J connectivity index is 2.33. The molecule has 3 atom stereocenters. The first kappa shape index (κ1) is 8.27. The molecule has 1 saturated heterocycles. The molecule has 0 aromatic rings. The molecule has 1 aliphatic rings. The molecule has 1 fully saturated rings. The monoisotopic (exact) mass is 164 g/mol. The molecule has 0 spiro atoms. The van der Waals surface area contributed by atoms with Crippen LogP contribution in [0.3, 0.4) is 0 Å². The zero-order valence-electron chi connectivity index (χ0n) is 6.01. The molecule has 0 amide bonds. The number of rotatable bonds is 1. The van der Waals surface area contributed by atoms with Gasteiger partial charge in [-0.1, -0.05) is 0 Å². The van der Waals surface area contributed by atoms with Crippen molar-refractivity contribution in [3.8, 4) is 0 Å². The van der Waals surface area contributed by atoms with Gasteiger partial charge in [0.25, 0.3) is 0 Å². The molecule has 0 saturated carbocycles. The molecular formula is C6H13ClN2O. The van der Waals surface area contributed by atoms with Crippen LogP contribution in [0.2, 0.25) is 0 Å². The van der Waals surface area contributed by atoms with Crippen LogP contribution in [-0.4, -0.2) is 31.3 Å². The number of halogens is 1. The van der Waals surface area contributed by atoms with Gasteiger partial charge in [0.15, 0.2) is 0 Å². The quantitative estimate of drug-likeness (QED) is 0.532. The predicted molar refractivity (Wildman–Crippen MR) is 41.0 cm³/mol. The van der Waals surface area contributed by atoms with Gasteiger partial charge < -0.3 is 10.5 Å². The second-order valence-electron chi connectivity index (χ2n) is 2.55. The van der Waals surface area contributed by atoms with Crippen molar-refractivity contribution in [2.75, 3.05) is 13.7 Å². The minimum Gasteiger partial charge on any atom is -0.367 e. The molecule has 0 aromatic carbocycles. The highest BCUT2D eigenvalue weighted by Crippen LogP contribution is 2.12. The average Bonchev–Trinajstić information content (AvgIpc) is 1.95. The van der Waals surface area contributed by atoms with E-state index < -0.39 is 0 Å². The number of methoxy groups -OCH3 is 1. The number of nitrogens with one attached hydrogen (secondary N) is 1. The molecular weight excluding hydrogens is 152 g/mol. The van der Waals surface area contributed by atoms with Crippen LogP contribution in [0, 0.1) is 0 Å². The smallest absolute Gasteiger partial charge is 0.109 e. The van der Waals surface area contributed by atoms with Crippen LogP contribution in [0.25, 0.3) is 0 Å². The molecule has 3 unspecified atom stereocenters. The summed E-state index contributed by atoms with van der Waals surface area (Å²) in [6, 6.07) is 0.0628. The predicted octanol–water partition coefficient (Wildman–Crippen LogP) is -0.113. The maximum absolute atomic E-state index is 5.85. The van der Waals surface area contributed by atoms with Gasteiger partial charge in [0.1, 0.15) is 6.23 Å². The fourth-order valence-corrected chi connectivity index (χ4v) is 1.25. The Morgan fingerprint density at radius 3 is 2.90 bits per heavy atom. The molecule has 0 bridgehead atoms. The largest absolute Gasteiger partial charge is 0.367 e. The number of ether oxygens (including phenoxy) is 1. The van der Waals surface area contributed by atoms with Crippen molar-refractivity contribution >= 4 is 11.6 Å². The normalized spacial score (nSPS) is 41.7. The Morgan fingerprint density at radius 2 is 2.40 bits per heavy atom. The van der Waals surface area contributed by atoms with Crippen LogP contribution in [0.4, 0.5) is 0 Å². The van der Waals surface area contributed by atoms with Crippen LogP contribution in [0.1, 0.15) is 6.42 Å². The van der Waals surface area contributed by atoms with Gasteiger partial charge in [-0.25, -0.2) is 0 Å². The van der Waals surface area contributed by atoms with Crippen LogP contribution in [0.15, 0.2) is 0 Å². The average molecular weight is 165 g/mol. The zero-order valence-corrected chi connectivity index (χ0v) is 6.77. The summed E-state index contributed by atoms with van der Waals surface area (Å²) in [7, 11) is 1.67. The fraction of sp³-hybridized carbons (Fsp3) is 1.00. The number of hydrogen-bond donors (Lipinski definition) is 2. The molecule has 0 radical (unpaired) electrons. The first-order valence-corrected chi connectivity index (χ1v) is 3.83. The van der Waals surface area contributed by atoms with Crippen LogP contribution < -0.4 is 11.1 Å². The lowest BCUT2D eigenvalue weighted by Gasteiger charge is -2.30. The van der Waals surface area contributed by atoms with E-state index in [-0.39, 0.29) is 17.6 Å². The number of piperidine rings is 1. The summed E-state index contributed by atoms with van der Waals surface area (Å²) in [4.78, 5) is 0. The highest BCUT2D eigenvalue weighted by atomic mass is 35.5. The van der Waals surface area contributed by atoms with E-state index in [0.29, 0.717) is 0 Å². The third-order valence-corrected chi connectivity index (χ3v) is 2.25. The number of hydrogen-bond acceptors (Lipinski definition) is 3. The Hall–Kier alpha value is 0.170. The van der Waals surface area contributed by atoms with Crippen molar-refractivity contribution < 1.29 is 4.74 Å². The van der Waals surface area contributed by atoms with Crippen molar-refractivity contribution in [1.82, 2.24) is 5.32 Å². The Kier molecular flexibility index (Phi) is 2.92. The number of alkyl halides is 1. The van der Waals surface area contributed by atoms with E-state index in [1.807, 2.05) is 0 Å². The van der Waals surface area contributed by atoms with Gasteiger partial charge in [0.2, 0.25) is 0 Å². The van der Waals surface area contributed by atoms with Crippen LogP contribution in [0.5, 0.6) is 0 Å². The summed E-state index contributed by atoms with van der Waals surface area (Å²) in [6.45, 7) is 0.737. The summed E-state index contributed by atoms with van der Waals surface area (Å²) in [5.41, 5.74) is 5.69. The molecule has 0 aliphatic carbocycles. The SMILES string of the molecule is COC1CC(N)C(Cl)CN1. The maximum Gasteiger partial charge on any atom is 0.109 e. The minimum atomic E-state index is 0.0476. The van der Waals surface area contributed by atoms with Gasteiger partial charge in [0, 0.05) is 26.1 Å². The Labute approximate surface area is 65.9 Å². The highest BCUT2D eigenvalue weighted by Gasteiger charge is 2.25. The van der Waals surface area contributed by atoms with Gasteiger partial charge in [-0.15, -0.1) is 11.6 Å². The summed E-state index contributed by atoms with van der Waals surface area (Å²) in [6.07, 6.45) is 0.884. The third kappa shape index (κ3) is 1.83. The zero-order chi connectivity index (χ0) is 7.56. The number of nitrogens with two attached hydrogens (primary N) is 1. The van der Waals surface area contributed by atoms with Crippen LogP contribution in [-0.2, 0) is 4.74 Å². The minimum absolute atomic E-state index is 0.0476. The standard InChI is InChI=1S/C6H13ClN2O/c1-10-6-2-5(8)4(7)3-9-6/h4-6,9H,2-3,8H2,1H3.